The number of hydrogen-bond donors (Lipinski definition) is 1. The molecule has 6 heteroatoms. The van der Waals surface area contributed by atoms with Crippen molar-refractivity contribution >= 4 is 11.7 Å². The number of nitrogens with one attached hydrogen (secondary N) is 1. The second-order valence-electron chi connectivity index (χ2n) is 6.92. The van der Waals surface area contributed by atoms with Crippen LogP contribution in [0, 0.1) is 0 Å². The number of carbonyl (C=O) groups is 1. The predicted molar refractivity (Wildman–Crippen MR) is 110 cm³/mol. The molecule has 1 N–H and O–H groups in total. The molecule has 1 aliphatic heterocycles. The Morgan fingerprint density at radius 3 is 2.50 bits per heavy atom. The number of nitrogens with zero attached hydrogens (tertiary/aromatic N) is 2. The Balaban J connectivity index is 1.30. The van der Waals surface area contributed by atoms with Gasteiger partial charge in [-0.1, -0.05) is 37.1 Å². The fourth-order valence-corrected chi connectivity index (χ4v) is 3.16. The second kappa shape index (κ2) is 11.3. The molecule has 0 spiro atoms. The van der Waals surface area contributed by atoms with E-state index in [1.165, 1.54) is 25.7 Å². The third-order valence-corrected chi connectivity index (χ3v) is 4.70. The summed E-state index contributed by atoms with van der Waals surface area (Å²) in [6, 6.07) is 13.6. The lowest BCUT2D eigenvalue weighted by Gasteiger charge is -2.21. The number of pyridine rings is 1. The van der Waals surface area contributed by atoms with Gasteiger partial charge in [0.1, 0.15) is 24.8 Å². The van der Waals surface area contributed by atoms with E-state index in [0.717, 1.165) is 30.2 Å². The highest BCUT2D eigenvalue weighted by atomic mass is 16.5. The molecule has 0 atom stereocenters. The number of aromatic nitrogens is 1. The van der Waals surface area contributed by atoms with Gasteiger partial charge in [-0.3, -0.25) is 4.79 Å². The molecule has 6 nitrogen and oxygen atoms in total. The molecule has 1 saturated heterocycles. The van der Waals surface area contributed by atoms with E-state index >= 15 is 0 Å². The van der Waals surface area contributed by atoms with Gasteiger partial charge < -0.3 is 19.7 Å². The van der Waals surface area contributed by atoms with Gasteiger partial charge in [0, 0.05) is 25.8 Å². The standard InChI is InChI=1S/C22H29N3O3/c26-22(18-27-14-15-28-20-8-4-3-5-9-20)24-17-19-10-11-21(23-16-19)25-12-6-1-2-7-13-25/h3-5,8-11,16H,1-2,6-7,12-15,17-18H2,(H,24,26). The summed E-state index contributed by atoms with van der Waals surface area (Å²) < 4.78 is 10.9. The van der Waals surface area contributed by atoms with Crippen LogP contribution in [0.25, 0.3) is 0 Å². The number of hydrogen-bond acceptors (Lipinski definition) is 5. The van der Waals surface area contributed by atoms with Gasteiger partial charge in [-0.15, -0.1) is 0 Å². The van der Waals surface area contributed by atoms with Crippen LogP contribution in [0.2, 0.25) is 0 Å². The number of amides is 1. The molecule has 0 unspecified atom stereocenters. The highest BCUT2D eigenvalue weighted by Gasteiger charge is 2.11. The Morgan fingerprint density at radius 1 is 1.00 bits per heavy atom. The number of anilines is 1. The maximum Gasteiger partial charge on any atom is 0.246 e. The lowest BCUT2D eigenvalue weighted by Crippen LogP contribution is -2.28. The highest BCUT2D eigenvalue weighted by molar-refractivity contribution is 5.77. The van der Waals surface area contributed by atoms with E-state index in [1.54, 1.807) is 0 Å². The van der Waals surface area contributed by atoms with Crippen LogP contribution in [-0.2, 0) is 16.1 Å². The van der Waals surface area contributed by atoms with Crippen LogP contribution in [0.3, 0.4) is 0 Å². The molecule has 2 heterocycles. The van der Waals surface area contributed by atoms with Gasteiger partial charge in [0.25, 0.3) is 0 Å². The summed E-state index contributed by atoms with van der Waals surface area (Å²) in [6.07, 6.45) is 6.92. The smallest absolute Gasteiger partial charge is 0.246 e. The minimum absolute atomic E-state index is 0.0252. The molecule has 1 amide bonds. The average molecular weight is 383 g/mol. The van der Waals surface area contributed by atoms with Crippen molar-refractivity contribution in [1.29, 1.82) is 0 Å². The van der Waals surface area contributed by atoms with Gasteiger partial charge >= 0.3 is 0 Å². The number of ether oxygens (including phenoxy) is 2. The summed E-state index contributed by atoms with van der Waals surface area (Å²) in [5.74, 6) is 1.68. The topological polar surface area (TPSA) is 63.7 Å². The SMILES string of the molecule is O=C(COCCOc1ccccc1)NCc1ccc(N2CCCCCC2)nc1. The Bertz CT molecular complexity index is 699. The van der Waals surface area contributed by atoms with E-state index in [0.29, 0.717) is 19.8 Å². The molecule has 1 aromatic carbocycles. The van der Waals surface area contributed by atoms with Crippen LogP contribution in [0.15, 0.2) is 48.7 Å². The van der Waals surface area contributed by atoms with E-state index in [1.807, 2.05) is 48.7 Å². The molecule has 28 heavy (non-hydrogen) atoms. The number of para-hydroxylation sites is 1. The van der Waals surface area contributed by atoms with Crippen molar-refractivity contribution in [2.45, 2.75) is 32.2 Å². The van der Waals surface area contributed by atoms with Crippen LogP contribution in [0.1, 0.15) is 31.2 Å². The molecule has 0 saturated carbocycles. The molecule has 0 radical (unpaired) electrons. The minimum atomic E-state index is -0.142. The molecule has 2 aromatic rings. The molecule has 0 aliphatic carbocycles. The van der Waals surface area contributed by atoms with Crippen molar-refractivity contribution in [3.05, 3.63) is 54.2 Å². The maximum atomic E-state index is 11.9. The third kappa shape index (κ3) is 6.85. The lowest BCUT2D eigenvalue weighted by molar-refractivity contribution is -0.126. The first-order valence-electron chi connectivity index (χ1n) is 10.0. The molecular formula is C22H29N3O3. The van der Waals surface area contributed by atoms with Crippen LogP contribution >= 0.6 is 0 Å². The van der Waals surface area contributed by atoms with Gasteiger partial charge in [0.05, 0.1) is 6.61 Å². The van der Waals surface area contributed by atoms with E-state index in [-0.39, 0.29) is 12.5 Å². The van der Waals surface area contributed by atoms with Gasteiger partial charge in [-0.05, 0) is 36.6 Å². The van der Waals surface area contributed by atoms with Crippen molar-refractivity contribution in [2.24, 2.45) is 0 Å². The van der Waals surface area contributed by atoms with Crippen LogP contribution < -0.4 is 15.0 Å². The zero-order valence-electron chi connectivity index (χ0n) is 16.3. The Hall–Kier alpha value is -2.60. The molecule has 1 aliphatic rings. The van der Waals surface area contributed by atoms with Crippen molar-refractivity contribution in [3.63, 3.8) is 0 Å². The van der Waals surface area contributed by atoms with Gasteiger partial charge in [0.2, 0.25) is 5.91 Å². The summed E-state index contributed by atoms with van der Waals surface area (Å²) in [6.45, 7) is 3.42. The maximum absolute atomic E-state index is 11.9. The van der Waals surface area contributed by atoms with Crippen molar-refractivity contribution in [3.8, 4) is 5.75 Å². The highest BCUT2D eigenvalue weighted by Crippen LogP contribution is 2.17. The normalized spacial score (nSPS) is 14.4. The summed E-state index contributed by atoms with van der Waals surface area (Å²) >= 11 is 0. The average Bonchev–Trinajstić information content (AvgIpc) is 3.03. The second-order valence-corrected chi connectivity index (χ2v) is 6.92. The lowest BCUT2D eigenvalue weighted by atomic mass is 10.2. The molecule has 0 bridgehead atoms. The molecular weight excluding hydrogens is 354 g/mol. The van der Waals surface area contributed by atoms with Crippen molar-refractivity contribution in [2.75, 3.05) is 37.8 Å². The van der Waals surface area contributed by atoms with E-state index in [9.17, 15) is 4.79 Å². The summed E-state index contributed by atoms with van der Waals surface area (Å²) in [5.41, 5.74) is 0.985. The fourth-order valence-electron chi connectivity index (χ4n) is 3.16. The summed E-state index contributed by atoms with van der Waals surface area (Å²) in [5, 5.41) is 2.86. The van der Waals surface area contributed by atoms with Crippen molar-refractivity contribution in [1.82, 2.24) is 10.3 Å². The number of carbonyl (C=O) groups excluding carboxylic acids is 1. The Morgan fingerprint density at radius 2 is 1.79 bits per heavy atom. The van der Waals surface area contributed by atoms with Crippen molar-refractivity contribution < 1.29 is 14.3 Å². The zero-order valence-corrected chi connectivity index (χ0v) is 16.3. The molecule has 1 aromatic heterocycles. The van der Waals surface area contributed by atoms with Crippen LogP contribution in [0.4, 0.5) is 5.82 Å². The quantitative estimate of drug-likeness (QED) is 0.674. The monoisotopic (exact) mass is 383 g/mol. The molecule has 150 valence electrons. The fraction of sp³-hybridized carbons (Fsp3) is 0.455. The first-order valence-corrected chi connectivity index (χ1v) is 10.0. The van der Waals surface area contributed by atoms with E-state index in [4.69, 9.17) is 9.47 Å². The van der Waals surface area contributed by atoms with Crippen LogP contribution in [-0.4, -0.2) is 43.8 Å². The first kappa shape index (κ1) is 20.1. The Labute approximate surface area is 166 Å². The largest absolute Gasteiger partial charge is 0.491 e. The first-order chi connectivity index (χ1) is 13.8. The van der Waals surface area contributed by atoms with Gasteiger partial charge in [0.15, 0.2) is 0 Å². The van der Waals surface area contributed by atoms with E-state index < -0.39 is 0 Å². The summed E-state index contributed by atoms with van der Waals surface area (Å²) in [4.78, 5) is 18.8. The van der Waals surface area contributed by atoms with Gasteiger partial charge in [-0.2, -0.15) is 0 Å². The summed E-state index contributed by atoms with van der Waals surface area (Å²) in [7, 11) is 0. The minimum Gasteiger partial charge on any atom is -0.491 e. The van der Waals surface area contributed by atoms with Gasteiger partial charge in [-0.25, -0.2) is 4.98 Å². The molecule has 1 fully saturated rings. The van der Waals surface area contributed by atoms with Crippen LogP contribution in [0.5, 0.6) is 5.75 Å². The number of rotatable bonds is 9. The number of benzene rings is 1. The van der Waals surface area contributed by atoms with E-state index in [2.05, 4.69) is 15.2 Å². The third-order valence-electron chi connectivity index (χ3n) is 4.70. The zero-order chi connectivity index (χ0) is 19.4. The molecule has 3 rings (SSSR count). The Kier molecular flexibility index (Phi) is 8.12. The predicted octanol–water partition coefficient (Wildman–Crippen LogP) is 3.17.